The van der Waals surface area contributed by atoms with E-state index in [1.165, 1.54) is 11.3 Å². The van der Waals surface area contributed by atoms with Crippen molar-refractivity contribution in [3.8, 4) is 22.8 Å². The summed E-state index contributed by atoms with van der Waals surface area (Å²) in [4.78, 5) is 16.5. The molecule has 5 nitrogen and oxygen atoms in total. The van der Waals surface area contributed by atoms with Gasteiger partial charge in [0.25, 0.3) is 0 Å². The standard InChI is InChI=1S/C16H18N2O3S/c1-20-11-6-7-14(21-2)12(8-11)13-9-22-16(17-13)18-15(19)10-4-3-5-10/h6-10H,3-5H2,1-2H3,(H,17,18,19). The fraction of sp³-hybridized carbons (Fsp3) is 0.375. The number of carbonyl (C=O) groups excluding carboxylic acids is 1. The molecule has 6 heteroatoms. The number of nitrogens with one attached hydrogen (secondary N) is 1. The van der Waals surface area contributed by atoms with E-state index in [9.17, 15) is 4.79 Å². The first-order valence-electron chi connectivity index (χ1n) is 7.20. The Morgan fingerprint density at radius 2 is 2.14 bits per heavy atom. The number of aromatic nitrogens is 1. The van der Waals surface area contributed by atoms with Gasteiger partial charge in [0.1, 0.15) is 11.5 Å². The van der Waals surface area contributed by atoms with Gasteiger partial charge in [-0.05, 0) is 31.0 Å². The number of hydrogen-bond donors (Lipinski definition) is 1. The molecule has 3 rings (SSSR count). The predicted molar refractivity (Wildman–Crippen MR) is 86.6 cm³/mol. The van der Waals surface area contributed by atoms with Gasteiger partial charge in [-0.15, -0.1) is 11.3 Å². The third-order valence-corrected chi connectivity index (χ3v) is 4.65. The number of ether oxygens (including phenoxy) is 2. The van der Waals surface area contributed by atoms with E-state index in [1.54, 1.807) is 14.2 Å². The summed E-state index contributed by atoms with van der Waals surface area (Å²) in [6.07, 6.45) is 3.10. The van der Waals surface area contributed by atoms with Crippen molar-refractivity contribution < 1.29 is 14.3 Å². The lowest BCUT2D eigenvalue weighted by Gasteiger charge is -2.23. The van der Waals surface area contributed by atoms with Crippen molar-refractivity contribution in [1.29, 1.82) is 0 Å². The van der Waals surface area contributed by atoms with Crippen LogP contribution in [-0.2, 0) is 4.79 Å². The maximum atomic E-state index is 12.0. The molecule has 22 heavy (non-hydrogen) atoms. The average Bonchev–Trinajstić information content (AvgIpc) is 2.92. The Labute approximate surface area is 133 Å². The third-order valence-electron chi connectivity index (χ3n) is 3.89. The molecule has 0 saturated heterocycles. The second kappa shape index (κ2) is 6.36. The lowest BCUT2D eigenvalue weighted by Crippen LogP contribution is -2.27. The second-order valence-electron chi connectivity index (χ2n) is 5.22. The average molecular weight is 318 g/mol. The van der Waals surface area contributed by atoms with E-state index in [0.29, 0.717) is 5.13 Å². The quantitative estimate of drug-likeness (QED) is 0.915. The summed E-state index contributed by atoms with van der Waals surface area (Å²) in [5.74, 6) is 1.69. The molecule has 1 aromatic carbocycles. The second-order valence-corrected chi connectivity index (χ2v) is 6.08. The first-order chi connectivity index (χ1) is 10.7. The minimum atomic E-state index is 0.0738. The Kier molecular flexibility index (Phi) is 4.29. The Morgan fingerprint density at radius 3 is 2.77 bits per heavy atom. The van der Waals surface area contributed by atoms with Gasteiger partial charge < -0.3 is 14.8 Å². The number of anilines is 1. The zero-order valence-corrected chi connectivity index (χ0v) is 13.4. The molecule has 1 aliphatic rings. The van der Waals surface area contributed by atoms with Gasteiger partial charge in [0.2, 0.25) is 5.91 Å². The van der Waals surface area contributed by atoms with Gasteiger partial charge in [-0.2, -0.15) is 0 Å². The normalized spacial score (nSPS) is 14.3. The fourth-order valence-electron chi connectivity index (χ4n) is 2.35. The molecule has 116 valence electrons. The summed E-state index contributed by atoms with van der Waals surface area (Å²) in [5.41, 5.74) is 1.62. The summed E-state index contributed by atoms with van der Waals surface area (Å²) in [6, 6.07) is 5.57. The molecule has 0 radical (unpaired) electrons. The lowest BCUT2D eigenvalue weighted by atomic mass is 9.85. The van der Waals surface area contributed by atoms with Gasteiger partial charge in [-0.1, -0.05) is 6.42 Å². The van der Waals surface area contributed by atoms with Crippen LogP contribution >= 0.6 is 11.3 Å². The molecule has 0 unspecified atom stereocenters. The largest absolute Gasteiger partial charge is 0.497 e. The highest BCUT2D eigenvalue weighted by molar-refractivity contribution is 7.14. The highest BCUT2D eigenvalue weighted by Gasteiger charge is 2.25. The van der Waals surface area contributed by atoms with Crippen LogP contribution in [0.2, 0.25) is 0 Å². The molecule has 1 saturated carbocycles. The minimum absolute atomic E-state index is 0.0738. The van der Waals surface area contributed by atoms with Gasteiger partial charge in [-0.25, -0.2) is 4.98 Å². The smallest absolute Gasteiger partial charge is 0.229 e. The molecule has 1 aromatic heterocycles. The fourth-order valence-corrected chi connectivity index (χ4v) is 3.06. The highest BCUT2D eigenvalue weighted by Crippen LogP contribution is 2.35. The number of methoxy groups -OCH3 is 2. The van der Waals surface area contributed by atoms with Crippen molar-refractivity contribution >= 4 is 22.4 Å². The summed E-state index contributed by atoms with van der Waals surface area (Å²) >= 11 is 1.42. The van der Waals surface area contributed by atoms with E-state index in [-0.39, 0.29) is 11.8 Å². The van der Waals surface area contributed by atoms with Crippen LogP contribution in [0, 0.1) is 5.92 Å². The zero-order chi connectivity index (χ0) is 15.5. The Bertz CT molecular complexity index is 680. The van der Waals surface area contributed by atoms with Crippen molar-refractivity contribution in [1.82, 2.24) is 4.98 Å². The molecular weight excluding hydrogens is 300 g/mol. The van der Waals surface area contributed by atoms with E-state index in [2.05, 4.69) is 10.3 Å². The number of benzene rings is 1. The van der Waals surface area contributed by atoms with E-state index in [1.807, 2.05) is 23.6 Å². The van der Waals surface area contributed by atoms with Gasteiger partial charge in [-0.3, -0.25) is 4.79 Å². The van der Waals surface area contributed by atoms with E-state index >= 15 is 0 Å². The summed E-state index contributed by atoms with van der Waals surface area (Å²) in [7, 11) is 3.24. The number of carbonyl (C=O) groups is 1. The van der Waals surface area contributed by atoms with Crippen LogP contribution in [0.15, 0.2) is 23.6 Å². The van der Waals surface area contributed by atoms with Crippen molar-refractivity contribution in [3.63, 3.8) is 0 Å². The predicted octanol–water partition coefficient (Wildman–Crippen LogP) is 3.57. The molecule has 0 bridgehead atoms. The number of thiazole rings is 1. The molecule has 1 amide bonds. The maximum Gasteiger partial charge on any atom is 0.229 e. The highest BCUT2D eigenvalue weighted by atomic mass is 32.1. The van der Waals surface area contributed by atoms with Crippen LogP contribution in [0.1, 0.15) is 19.3 Å². The maximum absolute atomic E-state index is 12.0. The SMILES string of the molecule is COc1ccc(OC)c(-c2csc(NC(=O)C3CCC3)n2)c1. The Morgan fingerprint density at radius 1 is 1.32 bits per heavy atom. The molecule has 1 heterocycles. The number of nitrogens with zero attached hydrogens (tertiary/aromatic N) is 1. The summed E-state index contributed by atoms with van der Waals surface area (Å²) in [6.45, 7) is 0. The minimum Gasteiger partial charge on any atom is -0.497 e. The van der Waals surface area contributed by atoms with Crippen molar-refractivity contribution in [2.24, 2.45) is 5.92 Å². The number of amides is 1. The van der Waals surface area contributed by atoms with Crippen molar-refractivity contribution in [2.75, 3.05) is 19.5 Å². The summed E-state index contributed by atoms with van der Waals surface area (Å²) < 4.78 is 10.6. The van der Waals surface area contributed by atoms with Crippen LogP contribution in [0.4, 0.5) is 5.13 Å². The number of hydrogen-bond acceptors (Lipinski definition) is 5. The molecule has 0 aliphatic heterocycles. The molecule has 1 fully saturated rings. The third kappa shape index (κ3) is 2.92. The summed E-state index contributed by atoms with van der Waals surface area (Å²) in [5, 5.41) is 5.43. The van der Waals surface area contributed by atoms with Gasteiger partial charge >= 0.3 is 0 Å². The number of rotatable bonds is 5. The molecule has 1 N–H and O–H groups in total. The van der Waals surface area contributed by atoms with Crippen LogP contribution in [0.25, 0.3) is 11.3 Å². The Hall–Kier alpha value is -2.08. The molecule has 0 atom stereocenters. The molecule has 1 aliphatic carbocycles. The van der Waals surface area contributed by atoms with E-state index < -0.39 is 0 Å². The van der Waals surface area contributed by atoms with E-state index in [4.69, 9.17) is 9.47 Å². The van der Waals surface area contributed by atoms with Gasteiger partial charge in [0.15, 0.2) is 5.13 Å². The van der Waals surface area contributed by atoms with Crippen molar-refractivity contribution in [2.45, 2.75) is 19.3 Å². The topological polar surface area (TPSA) is 60.5 Å². The van der Waals surface area contributed by atoms with Crippen LogP contribution in [0.5, 0.6) is 11.5 Å². The molecular formula is C16H18N2O3S. The molecule has 0 spiro atoms. The lowest BCUT2D eigenvalue weighted by molar-refractivity contribution is -0.122. The monoisotopic (exact) mass is 318 g/mol. The van der Waals surface area contributed by atoms with Gasteiger partial charge in [0, 0.05) is 16.9 Å². The molecule has 2 aromatic rings. The van der Waals surface area contributed by atoms with Crippen molar-refractivity contribution in [3.05, 3.63) is 23.6 Å². The zero-order valence-electron chi connectivity index (χ0n) is 12.6. The van der Waals surface area contributed by atoms with Gasteiger partial charge in [0.05, 0.1) is 19.9 Å². The van der Waals surface area contributed by atoms with E-state index in [0.717, 1.165) is 42.0 Å². The first-order valence-corrected chi connectivity index (χ1v) is 8.08. The first kappa shape index (κ1) is 14.8. The Balaban J connectivity index is 1.82. The van der Waals surface area contributed by atoms with Crippen LogP contribution in [-0.4, -0.2) is 25.1 Å². The van der Waals surface area contributed by atoms with Crippen LogP contribution in [0.3, 0.4) is 0 Å². The van der Waals surface area contributed by atoms with Crippen LogP contribution < -0.4 is 14.8 Å².